The minimum Gasteiger partial charge on any atom is -0.466 e. The fourth-order valence-electron chi connectivity index (χ4n) is 0.905. The zero-order chi connectivity index (χ0) is 14.8. The molecule has 7 heteroatoms. The molecule has 0 aliphatic carbocycles. The Morgan fingerprint density at radius 2 is 1.58 bits per heavy atom. The van der Waals surface area contributed by atoms with E-state index in [4.69, 9.17) is 10.5 Å². The van der Waals surface area contributed by atoms with Gasteiger partial charge in [0.15, 0.2) is 0 Å². The molecule has 0 saturated heterocycles. The average molecular weight is 273 g/mol. The molecule has 0 fully saturated rings. The van der Waals surface area contributed by atoms with Crippen molar-refractivity contribution in [1.29, 1.82) is 0 Å². The molecule has 7 nitrogen and oxygen atoms in total. The fraction of sp³-hybridized carbons (Fsp3) is 0.583. The van der Waals surface area contributed by atoms with E-state index in [-0.39, 0.29) is 19.1 Å². The van der Waals surface area contributed by atoms with E-state index in [9.17, 15) is 14.4 Å². The highest BCUT2D eigenvalue weighted by atomic mass is 16.6. The predicted molar refractivity (Wildman–Crippen MR) is 65.9 cm³/mol. The lowest BCUT2D eigenvalue weighted by Crippen LogP contribution is -2.37. The monoisotopic (exact) mass is 273 g/mol. The van der Waals surface area contributed by atoms with E-state index >= 15 is 0 Å². The van der Waals surface area contributed by atoms with Crippen LogP contribution in [0.4, 0.5) is 0 Å². The van der Waals surface area contributed by atoms with E-state index in [1.807, 2.05) is 0 Å². The lowest BCUT2D eigenvalue weighted by molar-refractivity contribution is -0.151. The highest BCUT2D eigenvalue weighted by Gasteiger charge is 2.18. The fourth-order valence-corrected chi connectivity index (χ4v) is 0.905. The number of carbonyl (C=O) groups excluding carboxylic acids is 3. The van der Waals surface area contributed by atoms with Gasteiger partial charge < -0.3 is 19.9 Å². The predicted octanol–water partition coefficient (Wildman–Crippen LogP) is -0.215. The third kappa shape index (κ3) is 7.93. The van der Waals surface area contributed by atoms with E-state index in [2.05, 4.69) is 9.47 Å². The zero-order valence-electron chi connectivity index (χ0n) is 11.3. The quantitative estimate of drug-likeness (QED) is 0.296. The maximum Gasteiger partial charge on any atom is 0.331 e. The smallest absolute Gasteiger partial charge is 0.331 e. The molecule has 1 atom stereocenters. The summed E-state index contributed by atoms with van der Waals surface area (Å²) in [4.78, 5) is 33.1. The van der Waals surface area contributed by atoms with Gasteiger partial charge in [0.2, 0.25) is 0 Å². The number of methoxy groups -OCH3 is 1. The molecule has 0 unspecified atom stereocenters. The first-order valence-electron chi connectivity index (χ1n) is 5.73. The van der Waals surface area contributed by atoms with E-state index in [0.29, 0.717) is 0 Å². The van der Waals surface area contributed by atoms with Crippen LogP contribution in [0.5, 0.6) is 0 Å². The number of esters is 3. The van der Waals surface area contributed by atoms with E-state index in [0.717, 1.165) is 12.2 Å². The second-order valence-corrected chi connectivity index (χ2v) is 3.96. The molecule has 0 heterocycles. The summed E-state index contributed by atoms with van der Waals surface area (Å²) in [6.07, 6.45) is 1.86. The minimum absolute atomic E-state index is 0.0296. The summed E-state index contributed by atoms with van der Waals surface area (Å²) in [5.74, 6) is -1.96. The molecule has 0 spiro atoms. The zero-order valence-corrected chi connectivity index (χ0v) is 11.3. The van der Waals surface area contributed by atoms with Crippen LogP contribution < -0.4 is 5.73 Å². The molecule has 0 rings (SSSR count). The summed E-state index contributed by atoms with van der Waals surface area (Å²) in [5, 5.41) is 0. The molecule has 0 aromatic carbocycles. The highest BCUT2D eigenvalue weighted by Crippen LogP contribution is 2.00. The first kappa shape index (κ1) is 17.1. The van der Waals surface area contributed by atoms with Crippen molar-refractivity contribution in [3.05, 3.63) is 12.2 Å². The summed E-state index contributed by atoms with van der Waals surface area (Å²) < 4.78 is 13.8. The van der Waals surface area contributed by atoms with Crippen LogP contribution in [0.2, 0.25) is 0 Å². The van der Waals surface area contributed by atoms with Crippen LogP contribution in [0.15, 0.2) is 12.2 Å². The Balaban J connectivity index is 3.81. The van der Waals surface area contributed by atoms with Crippen molar-refractivity contribution >= 4 is 17.9 Å². The van der Waals surface area contributed by atoms with E-state index in [1.165, 1.54) is 7.11 Å². The first-order valence-corrected chi connectivity index (χ1v) is 5.73. The topological polar surface area (TPSA) is 105 Å². The molecule has 0 aliphatic rings. The maximum atomic E-state index is 11.3. The Morgan fingerprint density at radius 3 is 2.11 bits per heavy atom. The van der Waals surface area contributed by atoms with Gasteiger partial charge in [0, 0.05) is 12.2 Å². The lowest BCUT2D eigenvalue weighted by Gasteiger charge is -2.14. The van der Waals surface area contributed by atoms with Crippen LogP contribution in [0.3, 0.4) is 0 Å². The molecule has 0 bridgehead atoms. The minimum atomic E-state index is -0.727. The first-order chi connectivity index (χ1) is 8.88. The maximum absolute atomic E-state index is 11.3. The molecule has 108 valence electrons. The molecule has 0 aliphatic heterocycles. The van der Waals surface area contributed by atoms with Gasteiger partial charge in [-0.1, -0.05) is 13.8 Å². The SMILES string of the molecule is COC(=O)/C=C/C(=O)OCCOC(=O)[C@@H](N)C(C)C. The Morgan fingerprint density at radius 1 is 1.05 bits per heavy atom. The second-order valence-electron chi connectivity index (χ2n) is 3.96. The largest absolute Gasteiger partial charge is 0.466 e. The van der Waals surface area contributed by atoms with Gasteiger partial charge in [-0.3, -0.25) is 4.79 Å². The van der Waals surface area contributed by atoms with Gasteiger partial charge in [-0.25, -0.2) is 9.59 Å². The highest BCUT2D eigenvalue weighted by molar-refractivity contribution is 5.91. The standard InChI is InChI=1S/C12H19NO6/c1-8(2)11(13)12(16)19-7-6-18-10(15)5-4-9(14)17-3/h4-5,8,11H,6-7,13H2,1-3H3/b5-4+/t11-/m0/s1. The molecular formula is C12H19NO6. The van der Waals surface area contributed by atoms with Crippen molar-refractivity contribution in [3.63, 3.8) is 0 Å². The van der Waals surface area contributed by atoms with Crippen LogP contribution in [-0.4, -0.2) is 44.3 Å². The van der Waals surface area contributed by atoms with Crippen LogP contribution in [0, 0.1) is 5.92 Å². The van der Waals surface area contributed by atoms with Gasteiger partial charge in [-0.15, -0.1) is 0 Å². The van der Waals surface area contributed by atoms with Crippen molar-refractivity contribution in [2.45, 2.75) is 19.9 Å². The number of ether oxygens (including phenoxy) is 3. The van der Waals surface area contributed by atoms with Gasteiger partial charge in [0.1, 0.15) is 19.3 Å². The molecule has 19 heavy (non-hydrogen) atoms. The van der Waals surface area contributed by atoms with Gasteiger partial charge in [-0.2, -0.15) is 0 Å². The third-order valence-electron chi connectivity index (χ3n) is 2.12. The summed E-state index contributed by atoms with van der Waals surface area (Å²) in [7, 11) is 1.19. The Kier molecular flexibility index (Phi) is 8.19. The second kappa shape index (κ2) is 9.09. The molecule has 0 saturated carbocycles. The third-order valence-corrected chi connectivity index (χ3v) is 2.12. The molecular weight excluding hydrogens is 254 g/mol. The van der Waals surface area contributed by atoms with Gasteiger partial charge in [0.25, 0.3) is 0 Å². The average Bonchev–Trinajstić information content (AvgIpc) is 2.39. The number of rotatable bonds is 7. The number of nitrogens with two attached hydrogens (primary N) is 1. The number of hydrogen-bond acceptors (Lipinski definition) is 7. The Bertz CT molecular complexity index is 350. The summed E-state index contributed by atoms with van der Waals surface area (Å²) in [6, 6.07) is -0.699. The molecule has 0 radical (unpaired) electrons. The normalized spacial score (nSPS) is 12.3. The summed E-state index contributed by atoms with van der Waals surface area (Å²) >= 11 is 0. The van der Waals surface area contributed by atoms with Gasteiger partial charge in [0.05, 0.1) is 7.11 Å². The molecule has 2 N–H and O–H groups in total. The lowest BCUT2D eigenvalue weighted by atomic mass is 10.1. The van der Waals surface area contributed by atoms with Crippen molar-refractivity contribution in [2.24, 2.45) is 11.7 Å². The van der Waals surface area contributed by atoms with Gasteiger partial charge in [-0.05, 0) is 5.92 Å². The van der Waals surface area contributed by atoms with Crippen molar-refractivity contribution in [2.75, 3.05) is 20.3 Å². The summed E-state index contributed by atoms with van der Waals surface area (Å²) in [5.41, 5.74) is 5.55. The van der Waals surface area contributed by atoms with E-state index in [1.54, 1.807) is 13.8 Å². The molecule has 0 aromatic rings. The van der Waals surface area contributed by atoms with Crippen LogP contribution in [0.1, 0.15) is 13.8 Å². The van der Waals surface area contributed by atoms with Crippen LogP contribution in [0.25, 0.3) is 0 Å². The van der Waals surface area contributed by atoms with Crippen molar-refractivity contribution < 1.29 is 28.6 Å². The summed E-state index contributed by atoms with van der Waals surface area (Å²) in [6.45, 7) is 3.39. The molecule has 0 amide bonds. The van der Waals surface area contributed by atoms with E-state index < -0.39 is 23.9 Å². The number of carbonyl (C=O) groups is 3. The molecule has 0 aromatic heterocycles. The number of hydrogen-bond donors (Lipinski definition) is 1. The Hall–Kier alpha value is -1.89. The van der Waals surface area contributed by atoms with Crippen molar-refractivity contribution in [3.8, 4) is 0 Å². The van der Waals surface area contributed by atoms with Crippen LogP contribution in [-0.2, 0) is 28.6 Å². The Labute approximate surface area is 111 Å². The van der Waals surface area contributed by atoms with Gasteiger partial charge >= 0.3 is 17.9 Å². The van der Waals surface area contributed by atoms with Crippen molar-refractivity contribution in [1.82, 2.24) is 0 Å². The van der Waals surface area contributed by atoms with Crippen LogP contribution >= 0.6 is 0 Å².